The average molecular weight is 459 g/mol. The number of benzene rings is 1. The molecule has 1 atom stereocenters. The van der Waals surface area contributed by atoms with Crippen LogP contribution in [0.2, 0.25) is 0 Å². The van der Waals surface area contributed by atoms with Gasteiger partial charge < -0.3 is 19.7 Å². The summed E-state index contributed by atoms with van der Waals surface area (Å²) in [5.74, 6) is 1.66. The van der Waals surface area contributed by atoms with Crippen molar-refractivity contribution in [3.8, 4) is 11.5 Å². The summed E-state index contributed by atoms with van der Waals surface area (Å²) in [4.78, 5) is 14.9. The molecule has 0 radical (unpaired) electrons. The fourth-order valence-electron chi connectivity index (χ4n) is 4.66. The van der Waals surface area contributed by atoms with E-state index in [4.69, 9.17) is 21.7 Å². The van der Waals surface area contributed by atoms with Crippen molar-refractivity contribution in [3.05, 3.63) is 35.0 Å². The summed E-state index contributed by atoms with van der Waals surface area (Å²) >= 11 is 5.63. The minimum atomic E-state index is -0.237. The first kappa shape index (κ1) is 24.6. The number of carbonyl (C=O) groups excluding carboxylic acids is 1. The molecular weight excluding hydrogens is 420 g/mol. The van der Waals surface area contributed by atoms with Crippen LogP contribution < -0.4 is 14.8 Å². The van der Waals surface area contributed by atoms with E-state index in [0.717, 1.165) is 48.4 Å². The molecule has 1 N–H and O–H groups in total. The maximum absolute atomic E-state index is 12.9. The Hall–Kier alpha value is -2.08. The van der Waals surface area contributed by atoms with Crippen molar-refractivity contribution in [1.82, 2.24) is 10.2 Å². The first-order valence-electron chi connectivity index (χ1n) is 12.3. The normalized spacial score (nSPS) is 18.5. The van der Waals surface area contributed by atoms with Gasteiger partial charge >= 0.3 is 0 Å². The lowest BCUT2D eigenvalue weighted by Crippen LogP contribution is -2.49. The second-order valence-corrected chi connectivity index (χ2v) is 9.03. The maximum atomic E-state index is 12.9. The van der Waals surface area contributed by atoms with Gasteiger partial charge in [0.05, 0.1) is 19.8 Å². The first-order chi connectivity index (χ1) is 15.6. The van der Waals surface area contributed by atoms with Gasteiger partial charge in [-0.3, -0.25) is 4.79 Å². The van der Waals surface area contributed by atoms with Crippen molar-refractivity contribution in [1.29, 1.82) is 0 Å². The highest BCUT2D eigenvalue weighted by molar-refractivity contribution is 7.80. The van der Waals surface area contributed by atoms with Crippen LogP contribution in [-0.2, 0) is 4.79 Å². The van der Waals surface area contributed by atoms with Gasteiger partial charge in [0.25, 0.3) is 0 Å². The minimum Gasteiger partial charge on any atom is -0.493 e. The summed E-state index contributed by atoms with van der Waals surface area (Å²) in [5, 5.41) is 4.08. The minimum absolute atomic E-state index is 0.211. The molecule has 0 fully saturated rings. The molecule has 0 spiro atoms. The largest absolute Gasteiger partial charge is 0.493 e. The van der Waals surface area contributed by atoms with E-state index in [0.29, 0.717) is 23.9 Å². The lowest BCUT2D eigenvalue weighted by Gasteiger charge is -2.40. The Bertz CT molecular complexity index is 836. The number of Topliss-reactive ketones (excluding diaryl/α,β-unsaturated/α-hetero) is 1. The number of thiocarbonyl (C=S) groups is 1. The standard InChI is InChI=1S/C26H38N2O3S/c1-4-6-7-8-9-10-11-17-31-22-16-15-19(18-23(22)30-3)25-24-20(13-12-14-21(24)29)28(5-2)26(32)27-25/h15-16,18,25H,4-14,17H2,1-3H3,(H,27,32). The van der Waals surface area contributed by atoms with Crippen LogP contribution >= 0.6 is 12.2 Å². The van der Waals surface area contributed by atoms with E-state index in [2.05, 4.69) is 24.1 Å². The van der Waals surface area contributed by atoms with E-state index in [1.807, 2.05) is 18.2 Å². The zero-order valence-electron chi connectivity index (χ0n) is 19.9. The SMILES string of the molecule is CCCCCCCCCOc1ccc(C2NC(=S)N(CC)C3=C2C(=O)CCC3)cc1OC. The van der Waals surface area contributed by atoms with Gasteiger partial charge in [-0.05, 0) is 56.1 Å². The number of carbonyl (C=O) groups is 1. The highest BCUT2D eigenvalue weighted by atomic mass is 32.1. The number of nitrogens with zero attached hydrogens (tertiary/aromatic N) is 1. The number of ether oxygens (including phenoxy) is 2. The van der Waals surface area contributed by atoms with Crippen LogP contribution in [0.1, 0.15) is 89.7 Å². The lowest BCUT2D eigenvalue weighted by atomic mass is 9.84. The molecule has 3 rings (SSSR count). The van der Waals surface area contributed by atoms with Crippen LogP contribution in [0, 0.1) is 0 Å². The van der Waals surface area contributed by atoms with E-state index < -0.39 is 0 Å². The number of nitrogens with one attached hydrogen (secondary N) is 1. The molecular formula is C26H38N2O3S. The van der Waals surface area contributed by atoms with Gasteiger partial charge in [-0.2, -0.15) is 0 Å². The van der Waals surface area contributed by atoms with Gasteiger partial charge in [-0.25, -0.2) is 0 Å². The molecule has 1 unspecified atom stereocenters. The lowest BCUT2D eigenvalue weighted by molar-refractivity contribution is -0.116. The number of rotatable bonds is 12. The van der Waals surface area contributed by atoms with Crippen molar-refractivity contribution < 1.29 is 14.3 Å². The average Bonchev–Trinajstić information content (AvgIpc) is 2.80. The van der Waals surface area contributed by atoms with E-state index in [9.17, 15) is 4.79 Å². The zero-order valence-corrected chi connectivity index (χ0v) is 20.7. The summed E-state index contributed by atoms with van der Waals surface area (Å²) in [6, 6.07) is 5.73. The van der Waals surface area contributed by atoms with Crippen molar-refractivity contribution in [2.75, 3.05) is 20.3 Å². The number of hydrogen-bond acceptors (Lipinski definition) is 4. The third-order valence-corrected chi connectivity index (χ3v) is 6.74. The Morgan fingerprint density at radius 3 is 2.53 bits per heavy atom. The van der Waals surface area contributed by atoms with Crippen LogP contribution in [0.25, 0.3) is 0 Å². The number of methoxy groups -OCH3 is 1. The van der Waals surface area contributed by atoms with Crippen LogP contribution in [0.15, 0.2) is 29.5 Å². The second kappa shape index (κ2) is 12.2. The molecule has 0 bridgehead atoms. The molecule has 0 aromatic heterocycles. The Kier molecular flexibility index (Phi) is 9.39. The topological polar surface area (TPSA) is 50.8 Å². The maximum Gasteiger partial charge on any atom is 0.173 e. The first-order valence-corrected chi connectivity index (χ1v) is 12.7. The predicted octanol–water partition coefficient (Wildman–Crippen LogP) is 6.08. The van der Waals surface area contributed by atoms with Crippen molar-refractivity contribution >= 4 is 23.1 Å². The van der Waals surface area contributed by atoms with Crippen LogP contribution in [-0.4, -0.2) is 36.1 Å². The number of hydrogen-bond donors (Lipinski definition) is 1. The number of unbranched alkanes of at least 4 members (excludes halogenated alkanes) is 6. The summed E-state index contributed by atoms with van der Waals surface area (Å²) < 4.78 is 11.7. The second-order valence-electron chi connectivity index (χ2n) is 8.64. The quantitative estimate of drug-likeness (QED) is 0.302. The molecule has 32 heavy (non-hydrogen) atoms. The monoisotopic (exact) mass is 458 g/mol. The Morgan fingerprint density at radius 2 is 1.81 bits per heavy atom. The van der Waals surface area contributed by atoms with Crippen LogP contribution in [0.3, 0.4) is 0 Å². The van der Waals surface area contributed by atoms with Gasteiger partial charge in [-0.15, -0.1) is 0 Å². The Morgan fingerprint density at radius 1 is 1.06 bits per heavy atom. The number of allylic oxidation sites excluding steroid dienone is 1. The van der Waals surface area contributed by atoms with Gasteiger partial charge in [0.15, 0.2) is 22.4 Å². The van der Waals surface area contributed by atoms with E-state index >= 15 is 0 Å². The zero-order chi connectivity index (χ0) is 22.9. The van der Waals surface area contributed by atoms with E-state index in [-0.39, 0.29) is 11.8 Å². The number of ketones is 1. The molecule has 0 saturated carbocycles. The third kappa shape index (κ3) is 5.83. The van der Waals surface area contributed by atoms with E-state index in [1.165, 1.54) is 38.5 Å². The van der Waals surface area contributed by atoms with Crippen LogP contribution in [0.4, 0.5) is 0 Å². The predicted molar refractivity (Wildman–Crippen MR) is 133 cm³/mol. The molecule has 1 aromatic rings. The molecule has 1 heterocycles. The van der Waals surface area contributed by atoms with E-state index in [1.54, 1.807) is 7.11 Å². The molecule has 1 aliphatic carbocycles. The Labute approximate surface area is 198 Å². The van der Waals surface area contributed by atoms with Gasteiger partial charge in [0.1, 0.15) is 0 Å². The fourth-order valence-corrected chi connectivity index (χ4v) is 5.02. The summed E-state index contributed by atoms with van der Waals surface area (Å²) in [6.45, 7) is 5.76. The van der Waals surface area contributed by atoms with Crippen molar-refractivity contribution in [2.45, 2.75) is 84.1 Å². The summed E-state index contributed by atoms with van der Waals surface area (Å²) in [7, 11) is 1.66. The molecule has 6 heteroatoms. The fraction of sp³-hybridized carbons (Fsp3) is 0.615. The Balaban J connectivity index is 1.68. The molecule has 0 amide bonds. The van der Waals surface area contributed by atoms with Crippen molar-refractivity contribution in [3.63, 3.8) is 0 Å². The van der Waals surface area contributed by atoms with Gasteiger partial charge in [0.2, 0.25) is 0 Å². The molecule has 2 aliphatic rings. The van der Waals surface area contributed by atoms with Gasteiger partial charge in [-0.1, -0.05) is 51.5 Å². The summed E-state index contributed by atoms with van der Waals surface area (Å²) in [5.41, 5.74) is 2.91. The molecule has 1 aliphatic heterocycles. The highest BCUT2D eigenvalue weighted by Gasteiger charge is 2.36. The molecule has 176 valence electrons. The summed E-state index contributed by atoms with van der Waals surface area (Å²) in [6.07, 6.45) is 11.2. The smallest absolute Gasteiger partial charge is 0.173 e. The van der Waals surface area contributed by atoms with Crippen molar-refractivity contribution in [2.24, 2.45) is 0 Å². The molecule has 0 saturated heterocycles. The van der Waals surface area contributed by atoms with Gasteiger partial charge in [0, 0.05) is 24.2 Å². The molecule has 1 aromatic carbocycles. The highest BCUT2D eigenvalue weighted by Crippen LogP contribution is 2.39. The molecule has 5 nitrogen and oxygen atoms in total. The third-order valence-electron chi connectivity index (χ3n) is 6.40. The van der Waals surface area contributed by atoms with Crippen LogP contribution in [0.5, 0.6) is 11.5 Å².